The highest BCUT2D eigenvalue weighted by atomic mass is 16.3. The molecule has 0 rings (SSSR count). The highest BCUT2D eigenvalue weighted by molar-refractivity contribution is 5.20. The minimum Gasteiger partial charge on any atom is -0.234 e. The summed E-state index contributed by atoms with van der Waals surface area (Å²) in [6.07, 6.45) is -0.167. The van der Waals surface area contributed by atoms with E-state index in [1.54, 1.807) is 13.8 Å². The van der Waals surface area contributed by atoms with Gasteiger partial charge < -0.3 is 0 Å². The third-order valence-corrected chi connectivity index (χ3v) is 0. The van der Waals surface area contributed by atoms with Gasteiger partial charge in [-0.1, -0.05) is 0 Å². The van der Waals surface area contributed by atoms with Crippen LogP contribution in [0.1, 0.15) is 13.8 Å². The summed E-state index contributed by atoms with van der Waals surface area (Å²) in [6, 6.07) is 0. The van der Waals surface area contributed by atoms with Crippen LogP contribution >= 0.6 is 0 Å². The molecule has 0 saturated heterocycles. The van der Waals surface area contributed by atoms with E-state index in [1.165, 1.54) is 0 Å². The Bertz CT molecular complexity index is 49.2. The van der Waals surface area contributed by atoms with Gasteiger partial charge in [0.2, 0.25) is 0 Å². The van der Waals surface area contributed by atoms with Gasteiger partial charge in [0.1, 0.15) is 0 Å². The van der Waals surface area contributed by atoms with E-state index in [1.807, 2.05) is 0 Å². The Kier molecular flexibility index (Phi) is 12.4. The second kappa shape index (κ2) is 9.02. The highest BCUT2D eigenvalue weighted by Gasteiger charge is 1.73. The van der Waals surface area contributed by atoms with Gasteiger partial charge in [0.05, 0.1) is 6.10 Å². The summed E-state index contributed by atoms with van der Waals surface area (Å²) in [7, 11) is 0. The third-order valence-electron chi connectivity index (χ3n) is 0. The van der Waals surface area contributed by atoms with Crippen molar-refractivity contribution in [1.29, 1.82) is 0 Å². The van der Waals surface area contributed by atoms with Crippen LogP contribution in [0.5, 0.6) is 0 Å². The summed E-state index contributed by atoms with van der Waals surface area (Å²) in [5.41, 5.74) is 0. The summed E-state index contributed by atoms with van der Waals surface area (Å²) in [5.74, 6) is 0. The second-order valence-corrected chi connectivity index (χ2v) is 1.13. The summed E-state index contributed by atoms with van der Waals surface area (Å²) in [5, 5.41) is 9.53. The molecule has 0 aromatic carbocycles. The Morgan fingerprint density at radius 1 is 1.29 bits per heavy atom. The molecule has 0 N–H and O–H groups in total. The Labute approximate surface area is 42.0 Å². The summed E-state index contributed by atoms with van der Waals surface area (Å²) >= 11 is 0. The Morgan fingerprint density at radius 3 is 1.29 bits per heavy atom. The van der Waals surface area contributed by atoms with Crippen molar-refractivity contribution < 1.29 is 14.7 Å². The van der Waals surface area contributed by atoms with Crippen molar-refractivity contribution in [3.63, 3.8) is 0 Å². The molecule has 0 aliphatic heterocycles. The first-order chi connectivity index (χ1) is 3.15. The molecule has 0 aromatic heterocycles. The maximum atomic E-state index is 9.53. The average Bonchev–Trinajstić information content (AvgIpc) is 1.33. The predicted octanol–water partition coefficient (Wildman–Crippen LogP) is 0.242. The van der Waals surface area contributed by atoms with Gasteiger partial charge >= 0.3 is 6.15 Å². The summed E-state index contributed by atoms with van der Waals surface area (Å²) < 4.78 is 0. The molecule has 3 nitrogen and oxygen atoms in total. The van der Waals surface area contributed by atoms with Gasteiger partial charge in [-0.15, -0.1) is 0 Å². The number of carbonyl (C=O) groups excluding carboxylic acids is 2. The molecule has 0 heterocycles. The average molecular weight is 103 g/mol. The van der Waals surface area contributed by atoms with E-state index in [0.717, 1.165) is 0 Å². The highest BCUT2D eigenvalue weighted by Crippen LogP contribution is 1.67. The maximum absolute atomic E-state index is 9.53. The Balaban J connectivity index is 0. The Hall–Kier alpha value is -0.660. The monoisotopic (exact) mass is 103 g/mol. The molecule has 0 unspecified atom stereocenters. The van der Waals surface area contributed by atoms with Gasteiger partial charge in [-0.05, 0) is 13.8 Å². The minimum atomic E-state index is -0.417. The topological polar surface area (TPSA) is 54.0 Å². The van der Waals surface area contributed by atoms with E-state index < -0.39 is 6.10 Å². The van der Waals surface area contributed by atoms with Crippen molar-refractivity contribution in [3.8, 4) is 0 Å². The van der Waals surface area contributed by atoms with Crippen LogP contribution in [0.15, 0.2) is 0 Å². The van der Waals surface area contributed by atoms with Gasteiger partial charge in [-0.3, -0.25) is 0 Å². The van der Waals surface area contributed by atoms with Crippen LogP contribution in [0, 0.1) is 0 Å². The molecular formula is C4H7O3. The Morgan fingerprint density at radius 2 is 1.29 bits per heavy atom. The molecule has 0 spiro atoms. The quantitative estimate of drug-likeness (QED) is 0.441. The zero-order valence-corrected chi connectivity index (χ0v) is 4.30. The summed E-state index contributed by atoms with van der Waals surface area (Å²) in [6.45, 7) is 3.22. The molecule has 41 valence electrons. The third kappa shape index (κ3) is 137. The lowest BCUT2D eigenvalue weighted by Crippen LogP contribution is -1.81. The summed E-state index contributed by atoms with van der Waals surface area (Å²) in [4.78, 5) is 16.2. The van der Waals surface area contributed by atoms with E-state index in [4.69, 9.17) is 9.59 Å². The van der Waals surface area contributed by atoms with Crippen molar-refractivity contribution in [2.24, 2.45) is 0 Å². The fourth-order valence-corrected chi connectivity index (χ4v) is 0. The van der Waals surface area contributed by atoms with Gasteiger partial charge in [-0.25, -0.2) is 5.11 Å². The van der Waals surface area contributed by atoms with E-state index in [0.29, 0.717) is 0 Å². The van der Waals surface area contributed by atoms with E-state index in [-0.39, 0.29) is 6.15 Å². The predicted molar refractivity (Wildman–Crippen MR) is 20.8 cm³/mol. The first-order valence-electron chi connectivity index (χ1n) is 1.80. The van der Waals surface area contributed by atoms with Crippen molar-refractivity contribution in [2.45, 2.75) is 20.0 Å². The van der Waals surface area contributed by atoms with Crippen LogP contribution in [0.25, 0.3) is 0 Å². The molecule has 7 heavy (non-hydrogen) atoms. The lowest BCUT2D eigenvalue weighted by atomic mass is 10.5. The van der Waals surface area contributed by atoms with Gasteiger partial charge in [0.15, 0.2) is 0 Å². The largest absolute Gasteiger partial charge is 0.373 e. The van der Waals surface area contributed by atoms with Crippen LogP contribution in [0.2, 0.25) is 0 Å². The van der Waals surface area contributed by atoms with Crippen LogP contribution < -0.4 is 0 Å². The molecule has 3 heteroatoms. The van der Waals surface area contributed by atoms with Crippen molar-refractivity contribution in [1.82, 2.24) is 0 Å². The molecule has 0 aliphatic carbocycles. The van der Waals surface area contributed by atoms with Gasteiger partial charge in [-0.2, -0.15) is 9.59 Å². The van der Waals surface area contributed by atoms with Crippen molar-refractivity contribution >= 4 is 6.15 Å². The van der Waals surface area contributed by atoms with Crippen molar-refractivity contribution in [2.75, 3.05) is 0 Å². The molecule has 0 atom stereocenters. The van der Waals surface area contributed by atoms with Crippen LogP contribution in [0.3, 0.4) is 0 Å². The lowest BCUT2D eigenvalue weighted by molar-refractivity contribution is -0.191. The fourth-order valence-electron chi connectivity index (χ4n) is 0. The first-order valence-corrected chi connectivity index (χ1v) is 1.80. The second-order valence-electron chi connectivity index (χ2n) is 1.13. The number of rotatable bonds is 0. The zero-order chi connectivity index (χ0) is 6.28. The molecule has 0 aliphatic rings. The zero-order valence-electron chi connectivity index (χ0n) is 4.30. The molecule has 0 fully saturated rings. The van der Waals surface area contributed by atoms with Gasteiger partial charge in [0, 0.05) is 0 Å². The van der Waals surface area contributed by atoms with Crippen LogP contribution in [-0.2, 0) is 14.7 Å². The van der Waals surface area contributed by atoms with E-state index >= 15 is 0 Å². The minimum absolute atomic E-state index is 0.250. The molecule has 0 bridgehead atoms. The van der Waals surface area contributed by atoms with E-state index in [2.05, 4.69) is 0 Å². The molecule has 1 radical (unpaired) electrons. The standard InChI is InChI=1S/C3H7O.CO2/c1-3(2)4;2-1-3/h3H,1-2H3;. The molecule has 0 aromatic rings. The molecular weight excluding hydrogens is 96.0 g/mol. The molecule has 0 amide bonds. The number of hydrogen-bond donors (Lipinski definition) is 0. The van der Waals surface area contributed by atoms with E-state index in [9.17, 15) is 5.11 Å². The van der Waals surface area contributed by atoms with Crippen molar-refractivity contribution in [3.05, 3.63) is 0 Å². The maximum Gasteiger partial charge on any atom is 0.373 e. The first kappa shape index (κ1) is 9.60. The smallest absolute Gasteiger partial charge is 0.234 e. The van der Waals surface area contributed by atoms with Gasteiger partial charge in [0.25, 0.3) is 0 Å². The molecule has 0 saturated carbocycles. The SMILES string of the molecule is CC(C)[O].O=C=O. The van der Waals surface area contributed by atoms with Crippen LogP contribution in [-0.4, -0.2) is 12.3 Å². The fraction of sp³-hybridized carbons (Fsp3) is 0.750. The number of hydrogen-bond acceptors (Lipinski definition) is 2. The lowest BCUT2D eigenvalue weighted by Gasteiger charge is -1.74. The van der Waals surface area contributed by atoms with Crippen LogP contribution in [0.4, 0.5) is 0 Å². The normalized spacial score (nSPS) is 6.29.